The summed E-state index contributed by atoms with van der Waals surface area (Å²) in [6, 6.07) is 1.96. The Bertz CT molecular complexity index is 311. The molecule has 13 heavy (non-hydrogen) atoms. The minimum absolute atomic E-state index is 0.0247. The number of rotatable bonds is 2. The zero-order valence-electron chi connectivity index (χ0n) is 6.33. The van der Waals surface area contributed by atoms with Crippen LogP contribution in [0.2, 0.25) is 0 Å². The first-order valence-corrected chi connectivity index (χ1v) is 4.51. The maximum absolute atomic E-state index is 13.0. The standard InChI is InChI=1S/C8H5BrF4/c9-3-4-1-2-5(10)6(7(4)11)8(12)13/h1-2,8H,3H2. The summed E-state index contributed by atoms with van der Waals surface area (Å²) in [5.41, 5.74) is -1.13. The van der Waals surface area contributed by atoms with Crippen molar-refractivity contribution in [2.45, 2.75) is 11.8 Å². The molecule has 1 aromatic rings. The molecule has 0 N–H and O–H groups in total. The van der Waals surface area contributed by atoms with E-state index in [1.807, 2.05) is 0 Å². The molecule has 0 saturated carbocycles. The Kier molecular flexibility index (Phi) is 3.30. The van der Waals surface area contributed by atoms with Crippen molar-refractivity contribution in [2.24, 2.45) is 0 Å². The summed E-state index contributed by atoms with van der Waals surface area (Å²) in [7, 11) is 0. The molecule has 0 amide bonds. The Morgan fingerprint density at radius 2 is 1.85 bits per heavy atom. The van der Waals surface area contributed by atoms with Crippen LogP contribution in [0, 0.1) is 11.6 Å². The molecule has 0 radical (unpaired) electrons. The van der Waals surface area contributed by atoms with Crippen LogP contribution in [-0.2, 0) is 5.33 Å². The maximum atomic E-state index is 13.0. The molecular weight excluding hydrogens is 252 g/mol. The highest BCUT2D eigenvalue weighted by atomic mass is 79.9. The van der Waals surface area contributed by atoms with Crippen molar-refractivity contribution in [2.75, 3.05) is 0 Å². The van der Waals surface area contributed by atoms with Gasteiger partial charge in [0.15, 0.2) is 0 Å². The van der Waals surface area contributed by atoms with E-state index in [9.17, 15) is 17.6 Å². The lowest BCUT2D eigenvalue weighted by molar-refractivity contribution is 0.140. The maximum Gasteiger partial charge on any atom is 0.269 e. The molecule has 1 aromatic carbocycles. The van der Waals surface area contributed by atoms with Gasteiger partial charge in [0.1, 0.15) is 11.6 Å². The minimum atomic E-state index is -3.13. The van der Waals surface area contributed by atoms with Gasteiger partial charge in [-0.05, 0) is 11.6 Å². The summed E-state index contributed by atoms with van der Waals surface area (Å²) in [5, 5.41) is 0.0822. The van der Waals surface area contributed by atoms with Crippen molar-refractivity contribution in [3.63, 3.8) is 0 Å². The molecule has 0 fully saturated rings. The summed E-state index contributed by atoms with van der Waals surface area (Å²) in [6.07, 6.45) is -3.13. The average Bonchev–Trinajstić information content (AvgIpc) is 2.04. The first-order chi connectivity index (χ1) is 6.07. The Morgan fingerprint density at radius 1 is 1.23 bits per heavy atom. The molecule has 0 nitrogen and oxygen atoms in total. The van der Waals surface area contributed by atoms with Crippen molar-refractivity contribution in [1.29, 1.82) is 0 Å². The molecule has 72 valence electrons. The zero-order chi connectivity index (χ0) is 10.0. The van der Waals surface area contributed by atoms with Gasteiger partial charge in [-0.3, -0.25) is 0 Å². The molecule has 0 aliphatic heterocycles. The molecule has 5 heteroatoms. The van der Waals surface area contributed by atoms with Crippen molar-refractivity contribution in [3.8, 4) is 0 Å². The molecule has 0 aliphatic rings. The van der Waals surface area contributed by atoms with Crippen molar-refractivity contribution in [3.05, 3.63) is 34.9 Å². The fourth-order valence-corrected chi connectivity index (χ4v) is 1.35. The van der Waals surface area contributed by atoms with Gasteiger partial charge in [0.25, 0.3) is 6.43 Å². The zero-order valence-corrected chi connectivity index (χ0v) is 7.91. The normalized spacial score (nSPS) is 10.9. The molecule has 0 aliphatic carbocycles. The fraction of sp³-hybridized carbons (Fsp3) is 0.250. The monoisotopic (exact) mass is 256 g/mol. The van der Waals surface area contributed by atoms with Gasteiger partial charge in [-0.15, -0.1) is 0 Å². The lowest BCUT2D eigenvalue weighted by Crippen LogP contribution is -1.99. The van der Waals surface area contributed by atoms with Crippen LogP contribution in [-0.4, -0.2) is 0 Å². The summed E-state index contributed by atoms with van der Waals surface area (Å²) < 4.78 is 49.9. The molecule has 1 rings (SSSR count). The minimum Gasteiger partial charge on any atom is -0.206 e. The van der Waals surface area contributed by atoms with Crippen LogP contribution < -0.4 is 0 Å². The fourth-order valence-electron chi connectivity index (χ4n) is 0.918. The van der Waals surface area contributed by atoms with Gasteiger partial charge in [-0.2, -0.15) is 0 Å². The van der Waals surface area contributed by atoms with Crippen LogP contribution in [0.25, 0.3) is 0 Å². The second kappa shape index (κ2) is 4.09. The average molecular weight is 257 g/mol. The van der Waals surface area contributed by atoms with E-state index in [4.69, 9.17) is 0 Å². The van der Waals surface area contributed by atoms with Gasteiger partial charge >= 0.3 is 0 Å². The van der Waals surface area contributed by atoms with E-state index < -0.39 is 23.6 Å². The third-order valence-corrected chi connectivity index (χ3v) is 2.17. The van der Waals surface area contributed by atoms with E-state index in [0.717, 1.165) is 12.1 Å². The van der Waals surface area contributed by atoms with Gasteiger partial charge in [-0.25, -0.2) is 17.6 Å². The molecular formula is C8H5BrF4. The number of hydrogen-bond donors (Lipinski definition) is 0. The lowest BCUT2D eigenvalue weighted by atomic mass is 10.1. The number of alkyl halides is 3. The Morgan fingerprint density at radius 3 is 2.31 bits per heavy atom. The lowest BCUT2D eigenvalue weighted by Gasteiger charge is -2.06. The van der Waals surface area contributed by atoms with E-state index >= 15 is 0 Å². The molecule has 0 atom stereocenters. The summed E-state index contributed by atoms with van der Waals surface area (Å²) in [6.45, 7) is 0. The van der Waals surface area contributed by atoms with E-state index in [1.165, 1.54) is 0 Å². The predicted molar refractivity (Wildman–Crippen MR) is 43.9 cm³/mol. The summed E-state index contributed by atoms with van der Waals surface area (Å²) in [4.78, 5) is 0. The van der Waals surface area contributed by atoms with Gasteiger partial charge in [0.05, 0.1) is 5.56 Å². The van der Waals surface area contributed by atoms with Gasteiger partial charge in [-0.1, -0.05) is 22.0 Å². The molecule has 0 heterocycles. The van der Waals surface area contributed by atoms with Crippen LogP contribution in [0.3, 0.4) is 0 Å². The second-order valence-electron chi connectivity index (χ2n) is 2.37. The molecule has 0 unspecified atom stereocenters. The molecule has 0 aromatic heterocycles. The molecule has 0 spiro atoms. The summed E-state index contributed by atoms with van der Waals surface area (Å²) >= 11 is 2.91. The second-order valence-corrected chi connectivity index (χ2v) is 2.93. The van der Waals surface area contributed by atoms with Crippen molar-refractivity contribution in [1.82, 2.24) is 0 Å². The quantitative estimate of drug-likeness (QED) is 0.558. The molecule has 0 saturated heterocycles. The summed E-state index contributed by atoms with van der Waals surface area (Å²) in [5.74, 6) is -2.39. The highest BCUT2D eigenvalue weighted by molar-refractivity contribution is 9.08. The Labute approximate surface area is 80.7 Å². The predicted octanol–water partition coefficient (Wildman–Crippen LogP) is 3.80. The third kappa shape index (κ3) is 2.02. The molecule has 0 bridgehead atoms. The number of hydrogen-bond acceptors (Lipinski definition) is 0. The van der Waals surface area contributed by atoms with Crippen LogP contribution in [0.4, 0.5) is 17.6 Å². The largest absolute Gasteiger partial charge is 0.269 e. The Hall–Kier alpha value is -0.580. The van der Waals surface area contributed by atoms with Crippen LogP contribution in [0.15, 0.2) is 12.1 Å². The van der Waals surface area contributed by atoms with Crippen molar-refractivity contribution < 1.29 is 17.6 Å². The van der Waals surface area contributed by atoms with E-state index in [1.54, 1.807) is 0 Å². The first-order valence-electron chi connectivity index (χ1n) is 3.38. The smallest absolute Gasteiger partial charge is 0.206 e. The van der Waals surface area contributed by atoms with E-state index in [2.05, 4.69) is 15.9 Å². The third-order valence-electron chi connectivity index (χ3n) is 1.57. The van der Waals surface area contributed by atoms with Gasteiger partial charge in [0.2, 0.25) is 0 Å². The van der Waals surface area contributed by atoms with Crippen LogP contribution >= 0.6 is 15.9 Å². The first kappa shape index (κ1) is 10.5. The van der Waals surface area contributed by atoms with Crippen molar-refractivity contribution >= 4 is 15.9 Å². The highest BCUT2D eigenvalue weighted by Gasteiger charge is 2.20. The highest BCUT2D eigenvalue weighted by Crippen LogP contribution is 2.27. The Balaban J connectivity index is 3.30. The van der Waals surface area contributed by atoms with E-state index in [-0.39, 0.29) is 10.9 Å². The SMILES string of the molecule is Fc1ccc(CBr)c(F)c1C(F)F. The number of benzene rings is 1. The van der Waals surface area contributed by atoms with Crippen LogP contribution in [0.5, 0.6) is 0 Å². The van der Waals surface area contributed by atoms with Gasteiger partial charge < -0.3 is 0 Å². The topological polar surface area (TPSA) is 0 Å². The van der Waals surface area contributed by atoms with E-state index in [0.29, 0.717) is 0 Å². The number of halogens is 5. The van der Waals surface area contributed by atoms with Gasteiger partial charge in [0, 0.05) is 5.33 Å². The van der Waals surface area contributed by atoms with Crippen LogP contribution in [0.1, 0.15) is 17.6 Å².